The molecule has 1 aromatic carbocycles. The molecule has 1 fully saturated rings. The van der Waals surface area contributed by atoms with E-state index >= 15 is 0 Å². The number of aromatic nitrogens is 5. The fraction of sp³-hybridized carbons (Fsp3) is 0.370. The lowest BCUT2D eigenvalue weighted by molar-refractivity contribution is -0.139. The maximum atomic E-state index is 15.0. The van der Waals surface area contributed by atoms with Crippen LogP contribution >= 0.6 is 0 Å². The number of H-pyrrole nitrogens is 1. The molecule has 15 heteroatoms. The molecule has 3 heterocycles. The van der Waals surface area contributed by atoms with E-state index in [1.165, 1.54) is 16.8 Å². The first kappa shape index (κ1) is 29.2. The predicted octanol–water partition coefficient (Wildman–Crippen LogP) is 5.78. The molecule has 0 amide bonds. The maximum absolute atomic E-state index is 15.0. The molecular formula is C27H23F7N6O2. The highest BCUT2D eigenvalue weighted by Crippen LogP contribution is 2.35. The van der Waals surface area contributed by atoms with Crippen LogP contribution in [0.5, 0.6) is 0 Å². The molecule has 0 spiro atoms. The molecule has 0 saturated heterocycles. The van der Waals surface area contributed by atoms with Crippen LogP contribution in [0.2, 0.25) is 0 Å². The van der Waals surface area contributed by atoms with Gasteiger partial charge in [-0.25, -0.2) is 19.5 Å². The molecule has 42 heavy (non-hydrogen) atoms. The standard InChI is InChI=1S/C27H23F7N6O2/c28-19-10-17-15(9-18(19)23-35-11-16(12-36-23)26(29,30)31)6-8-40(25(17)42)7-5-14-3-1-2-4-20(14)38-21-13-37-39-24(41)22(21)27(32,33)34/h6,8-14,20H,1-5,7H2,(H2,38,39,41)/t14-,20+/m1/s1. The van der Waals surface area contributed by atoms with Crippen molar-refractivity contribution < 1.29 is 30.7 Å². The summed E-state index contributed by atoms with van der Waals surface area (Å²) in [6, 6.07) is 3.42. The molecule has 2 N–H and O–H groups in total. The van der Waals surface area contributed by atoms with Gasteiger partial charge in [0, 0.05) is 31.2 Å². The lowest BCUT2D eigenvalue weighted by Crippen LogP contribution is -2.35. The molecule has 222 valence electrons. The number of anilines is 1. The average Bonchev–Trinajstić information content (AvgIpc) is 2.92. The molecule has 4 aromatic rings. The smallest absolute Gasteiger partial charge is 0.380 e. The summed E-state index contributed by atoms with van der Waals surface area (Å²) in [7, 11) is 0. The average molecular weight is 597 g/mol. The zero-order valence-electron chi connectivity index (χ0n) is 21.7. The Morgan fingerprint density at radius 3 is 2.38 bits per heavy atom. The molecule has 5 rings (SSSR count). The lowest BCUT2D eigenvalue weighted by atomic mass is 9.82. The Morgan fingerprint density at radius 2 is 1.69 bits per heavy atom. The van der Waals surface area contributed by atoms with Crippen molar-refractivity contribution in [3.05, 3.63) is 80.6 Å². The molecule has 0 aliphatic heterocycles. The van der Waals surface area contributed by atoms with Crippen LogP contribution in [-0.2, 0) is 18.9 Å². The van der Waals surface area contributed by atoms with Gasteiger partial charge in [-0.15, -0.1) is 0 Å². The van der Waals surface area contributed by atoms with Gasteiger partial charge in [0.25, 0.3) is 11.1 Å². The van der Waals surface area contributed by atoms with E-state index in [2.05, 4.69) is 20.4 Å². The quantitative estimate of drug-likeness (QED) is 0.274. The summed E-state index contributed by atoms with van der Waals surface area (Å²) in [5, 5.41) is 8.53. The van der Waals surface area contributed by atoms with E-state index in [0.717, 1.165) is 25.1 Å². The number of rotatable bonds is 6. The summed E-state index contributed by atoms with van der Waals surface area (Å²) >= 11 is 0. The highest BCUT2D eigenvalue weighted by molar-refractivity contribution is 5.86. The molecule has 0 radical (unpaired) electrons. The van der Waals surface area contributed by atoms with Gasteiger partial charge in [-0.3, -0.25) is 9.59 Å². The van der Waals surface area contributed by atoms with Crippen molar-refractivity contribution in [1.82, 2.24) is 24.7 Å². The summed E-state index contributed by atoms with van der Waals surface area (Å²) in [6.07, 6.45) is -2.73. The zero-order chi connectivity index (χ0) is 30.2. The largest absolute Gasteiger partial charge is 0.423 e. The molecule has 3 aromatic heterocycles. The van der Waals surface area contributed by atoms with Crippen molar-refractivity contribution in [1.29, 1.82) is 0 Å². The third-order valence-electron chi connectivity index (χ3n) is 7.41. The maximum Gasteiger partial charge on any atom is 0.423 e. The Morgan fingerprint density at radius 1 is 0.976 bits per heavy atom. The molecule has 0 unspecified atom stereocenters. The molecule has 2 atom stereocenters. The van der Waals surface area contributed by atoms with Crippen LogP contribution in [0, 0.1) is 11.7 Å². The van der Waals surface area contributed by atoms with E-state index in [1.54, 1.807) is 6.07 Å². The molecule has 1 aliphatic carbocycles. The molecule has 1 aliphatic rings. The predicted molar refractivity (Wildman–Crippen MR) is 138 cm³/mol. The monoisotopic (exact) mass is 596 g/mol. The Balaban J connectivity index is 1.36. The van der Waals surface area contributed by atoms with Crippen molar-refractivity contribution in [2.75, 3.05) is 5.32 Å². The van der Waals surface area contributed by atoms with Gasteiger partial charge in [0.15, 0.2) is 5.82 Å². The summed E-state index contributed by atoms with van der Waals surface area (Å²) in [5.74, 6) is -1.29. The second-order valence-corrected chi connectivity index (χ2v) is 10.1. The van der Waals surface area contributed by atoms with Gasteiger partial charge in [-0.05, 0) is 48.8 Å². The fourth-order valence-corrected chi connectivity index (χ4v) is 5.30. The first-order valence-electron chi connectivity index (χ1n) is 13.0. The summed E-state index contributed by atoms with van der Waals surface area (Å²) in [5.41, 5.74) is -4.87. The van der Waals surface area contributed by atoms with Crippen molar-refractivity contribution in [3.8, 4) is 11.4 Å². The van der Waals surface area contributed by atoms with Gasteiger partial charge in [0.05, 0.1) is 28.4 Å². The van der Waals surface area contributed by atoms with Gasteiger partial charge in [-0.2, -0.15) is 31.4 Å². The first-order valence-corrected chi connectivity index (χ1v) is 13.0. The fourth-order valence-electron chi connectivity index (χ4n) is 5.30. The second-order valence-electron chi connectivity index (χ2n) is 10.1. The van der Waals surface area contributed by atoms with Crippen molar-refractivity contribution in [3.63, 3.8) is 0 Å². The number of pyridine rings is 1. The molecule has 1 saturated carbocycles. The zero-order valence-corrected chi connectivity index (χ0v) is 21.7. The van der Waals surface area contributed by atoms with Gasteiger partial charge >= 0.3 is 12.4 Å². The number of hydrogen-bond donors (Lipinski definition) is 2. The SMILES string of the molecule is O=c1[nH]ncc(N[C@H]2CCCC[C@@H]2CCn2ccc3cc(-c4ncc(C(F)(F)F)cn4)c(F)cc3c2=O)c1C(F)(F)F. The number of aromatic amines is 1. The van der Waals surface area contributed by atoms with Crippen LogP contribution < -0.4 is 16.4 Å². The number of fused-ring (bicyclic) bond motifs is 1. The highest BCUT2D eigenvalue weighted by Gasteiger charge is 2.38. The Kier molecular flexibility index (Phi) is 7.77. The molecular weight excluding hydrogens is 573 g/mol. The van der Waals surface area contributed by atoms with E-state index < -0.39 is 52.1 Å². The lowest BCUT2D eigenvalue weighted by Gasteiger charge is -2.33. The Hall–Kier alpha value is -4.30. The van der Waals surface area contributed by atoms with Gasteiger partial charge in [0.2, 0.25) is 0 Å². The van der Waals surface area contributed by atoms with Crippen LogP contribution in [0.1, 0.15) is 43.2 Å². The van der Waals surface area contributed by atoms with Crippen LogP contribution in [0.15, 0.2) is 52.6 Å². The number of nitrogens with zero attached hydrogens (tertiary/aromatic N) is 4. The van der Waals surface area contributed by atoms with Crippen LogP contribution in [0.3, 0.4) is 0 Å². The number of aryl methyl sites for hydroxylation is 1. The minimum absolute atomic E-state index is 0.0355. The van der Waals surface area contributed by atoms with Crippen molar-refractivity contribution in [2.45, 2.75) is 57.0 Å². The van der Waals surface area contributed by atoms with Gasteiger partial charge in [-0.1, -0.05) is 12.8 Å². The minimum Gasteiger partial charge on any atom is -0.380 e. The Bertz CT molecular complexity index is 1710. The minimum atomic E-state index is -4.88. The van der Waals surface area contributed by atoms with Crippen molar-refractivity contribution in [2.24, 2.45) is 5.92 Å². The van der Waals surface area contributed by atoms with E-state index in [-0.39, 0.29) is 29.2 Å². The Labute approximate surface area is 232 Å². The summed E-state index contributed by atoms with van der Waals surface area (Å²) < 4.78 is 95.3. The summed E-state index contributed by atoms with van der Waals surface area (Å²) in [4.78, 5) is 32.3. The highest BCUT2D eigenvalue weighted by atomic mass is 19.4. The van der Waals surface area contributed by atoms with Crippen LogP contribution in [-0.4, -0.2) is 30.8 Å². The van der Waals surface area contributed by atoms with Gasteiger partial charge in [0.1, 0.15) is 11.4 Å². The van der Waals surface area contributed by atoms with Crippen LogP contribution in [0.25, 0.3) is 22.2 Å². The van der Waals surface area contributed by atoms with Crippen molar-refractivity contribution >= 4 is 16.5 Å². The number of halogens is 7. The van der Waals surface area contributed by atoms with Crippen LogP contribution in [0.4, 0.5) is 36.4 Å². The van der Waals surface area contributed by atoms with E-state index in [0.29, 0.717) is 37.0 Å². The normalized spacial score (nSPS) is 17.9. The van der Waals surface area contributed by atoms with E-state index in [4.69, 9.17) is 0 Å². The number of nitrogens with one attached hydrogen (secondary N) is 2. The second kappa shape index (κ2) is 11.2. The number of alkyl halides is 6. The summed E-state index contributed by atoms with van der Waals surface area (Å²) in [6.45, 7) is 0.197. The first-order chi connectivity index (χ1) is 19.8. The topological polar surface area (TPSA) is 106 Å². The third kappa shape index (κ3) is 5.99. The number of benzene rings is 1. The van der Waals surface area contributed by atoms with E-state index in [1.807, 2.05) is 5.10 Å². The molecule has 8 nitrogen and oxygen atoms in total. The van der Waals surface area contributed by atoms with E-state index in [9.17, 15) is 40.3 Å². The van der Waals surface area contributed by atoms with Gasteiger partial charge < -0.3 is 9.88 Å². The number of hydrogen-bond acceptors (Lipinski definition) is 6. The third-order valence-corrected chi connectivity index (χ3v) is 7.41. The molecule has 0 bridgehead atoms.